The summed E-state index contributed by atoms with van der Waals surface area (Å²) >= 11 is 0. The van der Waals surface area contributed by atoms with Crippen molar-refractivity contribution < 1.29 is 19.1 Å². The highest BCUT2D eigenvalue weighted by atomic mass is 16.5. The number of hydrogen-bond donors (Lipinski definition) is 3. The summed E-state index contributed by atoms with van der Waals surface area (Å²) < 4.78 is 4.43. The smallest absolute Gasteiger partial charge is 0.325 e. The fourth-order valence-corrected chi connectivity index (χ4v) is 1.68. The molecule has 0 heterocycles. The molecule has 0 saturated heterocycles. The van der Waals surface area contributed by atoms with E-state index in [2.05, 4.69) is 15.4 Å². The van der Waals surface area contributed by atoms with Gasteiger partial charge in [-0.25, -0.2) is 0 Å². The van der Waals surface area contributed by atoms with E-state index in [4.69, 9.17) is 5.73 Å². The van der Waals surface area contributed by atoms with Crippen LogP contribution in [0.25, 0.3) is 0 Å². The third-order valence-electron chi connectivity index (χ3n) is 2.87. The third-order valence-corrected chi connectivity index (χ3v) is 2.87. The first kappa shape index (κ1) is 17.6. The molecule has 1 aromatic rings. The molecule has 0 saturated carbocycles. The first-order valence-electron chi connectivity index (χ1n) is 6.97. The molecule has 4 N–H and O–H groups in total. The van der Waals surface area contributed by atoms with Crippen LogP contribution < -0.4 is 16.4 Å². The summed E-state index contributed by atoms with van der Waals surface area (Å²) in [6.07, 6.45) is 1.18. The molecular formula is C15H21N3O4. The van der Waals surface area contributed by atoms with Crippen molar-refractivity contribution in [3.8, 4) is 0 Å². The van der Waals surface area contributed by atoms with Gasteiger partial charge in [-0.2, -0.15) is 0 Å². The molecule has 0 aliphatic carbocycles. The second-order valence-electron chi connectivity index (χ2n) is 4.67. The molecule has 1 rings (SSSR count). The van der Waals surface area contributed by atoms with Gasteiger partial charge in [-0.3, -0.25) is 14.4 Å². The normalized spacial score (nSPS) is 9.91. The minimum Gasteiger partial charge on any atom is -0.468 e. The maximum absolute atomic E-state index is 11.6. The number of carbonyl (C=O) groups is 3. The first-order chi connectivity index (χ1) is 10.5. The molecule has 0 fully saturated rings. The molecular weight excluding hydrogens is 286 g/mol. The molecule has 0 radical (unpaired) electrons. The number of carbonyl (C=O) groups excluding carboxylic acids is 3. The summed E-state index contributed by atoms with van der Waals surface area (Å²) in [6, 6.07) is 6.94. The predicted octanol–water partition coefficient (Wildman–Crippen LogP) is 0.196. The van der Waals surface area contributed by atoms with E-state index >= 15 is 0 Å². The first-order valence-corrected chi connectivity index (χ1v) is 6.97. The van der Waals surface area contributed by atoms with Gasteiger partial charge in [0.1, 0.15) is 6.54 Å². The van der Waals surface area contributed by atoms with Crippen LogP contribution in [0.4, 0.5) is 5.69 Å². The standard InChI is InChI=1S/C15H21N3O4/c1-22-15(21)10-17-14(20)9-11-4-6-12(7-5-11)18-13(19)3-2-8-16/h4-7H,2-3,8-10,16H2,1H3,(H,17,20)(H,18,19). The number of nitrogens with one attached hydrogen (secondary N) is 2. The van der Waals surface area contributed by atoms with Gasteiger partial charge >= 0.3 is 5.97 Å². The highest BCUT2D eigenvalue weighted by molar-refractivity contribution is 5.90. The van der Waals surface area contributed by atoms with Crippen LogP contribution in [-0.4, -0.2) is 38.0 Å². The van der Waals surface area contributed by atoms with E-state index in [1.165, 1.54) is 7.11 Å². The number of benzene rings is 1. The van der Waals surface area contributed by atoms with E-state index < -0.39 is 5.97 Å². The largest absolute Gasteiger partial charge is 0.468 e. The van der Waals surface area contributed by atoms with Crippen molar-refractivity contribution in [1.82, 2.24) is 5.32 Å². The van der Waals surface area contributed by atoms with Crippen LogP contribution in [0, 0.1) is 0 Å². The lowest BCUT2D eigenvalue weighted by molar-refractivity contribution is -0.141. The molecule has 2 amide bonds. The maximum atomic E-state index is 11.6. The Kier molecular flexibility index (Phi) is 7.63. The van der Waals surface area contributed by atoms with Gasteiger partial charge in [-0.05, 0) is 30.7 Å². The topological polar surface area (TPSA) is 111 Å². The average Bonchev–Trinajstić information content (AvgIpc) is 2.52. The SMILES string of the molecule is COC(=O)CNC(=O)Cc1ccc(NC(=O)CCCN)cc1. The van der Waals surface area contributed by atoms with Crippen molar-refractivity contribution >= 4 is 23.5 Å². The van der Waals surface area contributed by atoms with Crippen LogP contribution >= 0.6 is 0 Å². The van der Waals surface area contributed by atoms with Gasteiger partial charge in [0.2, 0.25) is 11.8 Å². The zero-order valence-corrected chi connectivity index (χ0v) is 12.6. The van der Waals surface area contributed by atoms with Gasteiger partial charge in [0.15, 0.2) is 0 Å². The lowest BCUT2D eigenvalue weighted by atomic mass is 10.1. The van der Waals surface area contributed by atoms with Crippen molar-refractivity contribution in [3.05, 3.63) is 29.8 Å². The summed E-state index contributed by atoms with van der Waals surface area (Å²) in [5.74, 6) is -0.858. The Morgan fingerprint density at radius 1 is 1.14 bits per heavy atom. The lowest BCUT2D eigenvalue weighted by Crippen LogP contribution is -2.31. The number of esters is 1. The fourth-order valence-electron chi connectivity index (χ4n) is 1.68. The van der Waals surface area contributed by atoms with Crippen molar-refractivity contribution in [1.29, 1.82) is 0 Å². The molecule has 0 aliphatic rings. The Hall–Kier alpha value is -2.41. The number of ether oxygens (including phenoxy) is 1. The minimum absolute atomic E-state index is 0.0889. The van der Waals surface area contributed by atoms with E-state index in [0.717, 1.165) is 5.56 Å². The zero-order chi connectivity index (χ0) is 16.4. The van der Waals surface area contributed by atoms with Gasteiger partial charge in [0, 0.05) is 12.1 Å². The summed E-state index contributed by atoms with van der Waals surface area (Å²) in [7, 11) is 1.26. The third kappa shape index (κ3) is 6.85. The van der Waals surface area contributed by atoms with Crippen LogP contribution in [-0.2, 0) is 25.5 Å². The van der Waals surface area contributed by atoms with Gasteiger partial charge in [0.25, 0.3) is 0 Å². The summed E-state index contributed by atoms with van der Waals surface area (Å²) in [5.41, 5.74) is 6.79. The van der Waals surface area contributed by atoms with E-state index in [-0.39, 0.29) is 24.8 Å². The number of amides is 2. The quantitative estimate of drug-likeness (QED) is 0.594. The highest BCUT2D eigenvalue weighted by Gasteiger charge is 2.07. The molecule has 120 valence electrons. The number of hydrogen-bond acceptors (Lipinski definition) is 5. The van der Waals surface area contributed by atoms with E-state index in [9.17, 15) is 14.4 Å². The molecule has 0 unspecified atom stereocenters. The van der Waals surface area contributed by atoms with Gasteiger partial charge in [-0.15, -0.1) is 0 Å². The predicted molar refractivity (Wildman–Crippen MR) is 82.1 cm³/mol. The van der Waals surface area contributed by atoms with Crippen molar-refractivity contribution in [2.45, 2.75) is 19.3 Å². The molecule has 0 aromatic heterocycles. The monoisotopic (exact) mass is 307 g/mol. The zero-order valence-electron chi connectivity index (χ0n) is 12.6. The molecule has 0 aliphatic heterocycles. The maximum Gasteiger partial charge on any atom is 0.325 e. The number of anilines is 1. The number of rotatable bonds is 8. The summed E-state index contributed by atoms with van der Waals surface area (Å²) in [6.45, 7) is 0.331. The Labute approximate surface area is 129 Å². The van der Waals surface area contributed by atoms with Crippen LogP contribution in [0.15, 0.2) is 24.3 Å². The highest BCUT2D eigenvalue weighted by Crippen LogP contribution is 2.10. The minimum atomic E-state index is -0.496. The average molecular weight is 307 g/mol. The number of methoxy groups -OCH3 is 1. The van der Waals surface area contributed by atoms with E-state index in [0.29, 0.717) is 25.1 Å². The fraction of sp³-hybridized carbons (Fsp3) is 0.400. The van der Waals surface area contributed by atoms with E-state index in [1.807, 2.05) is 0 Å². The van der Waals surface area contributed by atoms with Gasteiger partial charge < -0.3 is 21.1 Å². The Morgan fingerprint density at radius 2 is 1.82 bits per heavy atom. The molecule has 0 bridgehead atoms. The Bertz CT molecular complexity index is 514. The van der Waals surface area contributed by atoms with Crippen LogP contribution in [0.1, 0.15) is 18.4 Å². The van der Waals surface area contributed by atoms with Gasteiger partial charge in [-0.1, -0.05) is 12.1 Å². The van der Waals surface area contributed by atoms with Crippen LogP contribution in [0.2, 0.25) is 0 Å². The van der Waals surface area contributed by atoms with Crippen LogP contribution in [0.3, 0.4) is 0 Å². The van der Waals surface area contributed by atoms with Crippen molar-refractivity contribution in [2.75, 3.05) is 25.5 Å². The summed E-state index contributed by atoms with van der Waals surface area (Å²) in [4.78, 5) is 34.1. The van der Waals surface area contributed by atoms with E-state index in [1.54, 1.807) is 24.3 Å². The molecule has 7 heteroatoms. The lowest BCUT2D eigenvalue weighted by Gasteiger charge is -2.07. The molecule has 7 nitrogen and oxygen atoms in total. The van der Waals surface area contributed by atoms with Gasteiger partial charge in [0.05, 0.1) is 13.5 Å². The molecule has 22 heavy (non-hydrogen) atoms. The second-order valence-corrected chi connectivity index (χ2v) is 4.67. The Balaban J connectivity index is 2.42. The molecule has 0 atom stereocenters. The van der Waals surface area contributed by atoms with Crippen molar-refractivity contribution in [3.63, 3.8) is 0 Å². The summed E-state index contributed by atoms with van der Waals surface area (Å²) in [5, 5.41) is 5.21. The molecule has 1 aromatic carbocycles. The van der Waals surface area contributed by atoms with Crippen LogP contribution in [0.5, 0.6) is 0 Å². The molecule has 0 spiro atoms. The number of nitrogens with two attached hydrogens (primary N) is 1. The second kappa shape index (κ2) is 9.51. The Morgan fingerprint density at radius 3 is 2.41 bits per heavy atom. The van der Waals surface area contributed by atoms with Crippen molar-refractivity contribution in [2.24, 2.45) is 5.73 Å².